The predicted octanol–water partition coefficient (Wildman–Crippen LogP) is 1.60. The number of nitriles is 1. The summed E-state index contributed by atoms with van der Waals surface area (Å²) in [6.45, 7) is 0. The minimum absolute atomic E-state index is 0.178. The molecule has 7 heteroatoms. The standard InChI is InChI=1S/C9H6F2N2O3/c1-16-5-3-13-7(9(14)15)6(8(10)11)4(5)2-12/h3,8H,1H3,(H,14,15). The molecular formula is C9H6F2N2O3. The number of nitrogens with zero attached hydrogens (tertiary/aromatic N) is 2. The van der Waals surface area contributed by atoms with Crippen LogP contribution in [0.5, 0.6) is 5.75 Å². The summed E-state index contributed by atoms with van der Waals surface area (Å²) in [7, 11) is 1.17. The van der Waals surface area contributed by atoms with Crippen molar-refractivity contribution in [1.82, 2.24) is 4.98 Å². The van der Waals surface area contributed by atoms with Gasteiger partial charge in [0.2, 0.25) is 0 Å². The Morgan fingerprint density at radius 1 is 1.69 bits per heavy atom. The molecule has 84 valence electrons. The zero-order valence-electron chi connectivity index (χ0n) is 8.07. The van der Waals surface area contributed by atoms with Crippen LogP contribution in [0.15, 0.2) is 6.20 Å². The lowest BCUT2D eigenvalue weighted by atomic mass is 10.1. The number of rotatable bonds is 3. The first-order valence-electron chi connectivity index (χ1n) is 4.01. The smallest absolute Gasteiger partial charge is 0.355 e. The average Bonchev–Trinajstić information content (AvgIpc) is 2.26. The van der Waals surface area contributed by atoms with Gasteiger partial charge in [0.25, 0.3) is 6.43 Å². The van der Waals surface area contributed by atoms with Crippen LogP contribution < -0.4 is 4.74 Å². The molecule has 5 nitrogen and oxygen atoms in total. The van der Waals surface area contributed by atoms with Crippen molar-refractivity contribution in [2.45, 2.75) is 6.43 Å². The highest BCUT2D eigenvalue weighted by molar-refractivity contribution is 5.88. The average molecular weight is 228 g/mol. The van der Waals surface area contributed by atoms with Crippen LogP contribution in [0.1, 0.15) is 28.0 Å². The summed E-state index contributed by atoms with van der Waals surface area (Å²) >= 11 is 0. The number of aromatic nitrogens is 1. The van der Waals surface area contributed by atoms with E-state index in [1.54, 1.807) is 0 Å². The molecule has 0 unspecified atom stereocenters. The van der Waals surface area contributed by atoms with Gasteiger partial charge in [-0.1, -0.05) is 0 Å². The van der Waals surface area contributed by atoms with Gasteiger partial charge in [0.05, 0.1) is 18.9 Å². The number of pyridine rings is 1. The molecule has 0 aliphatic carbocycles. The maximum Gasteiger partial charge on any atom is 0.355 e. The van der Waals surface area contributed by atoms with Crippen LogP contribution in [0.25, 0.3) is 0 Å². The minimum atomic E-state index is -3.11. The van der Waals surface area contributed by atoms with Gasteiger partial charge >= 0.3 is 5.97 Å². The number of aromatic carboxylic acids is 1. The van der Waals surface area contributed by atoms with E-state index >= 15 is 0 Å². The van der Waals surface area contributed by atoms with E-state index in [0.29, 0.717) is 0 Å². The van der Waals surface area contributed by atoms with E-state index in [9.17, 15) is 13.6 Å². The van der Waals surface area contributed by atoms with E-state index in [-0.39, 0.29) is 5.75 Å². The highest BCUT2D eigenvalue weighted by Gasteiger charge is 2.26. The second-order valence-electron chi connectivity index (χ2n) is 2.68. The summed E-state index contributed by atoms with van der Waals surface area (Å²) in [5, 5.41) is 17.4. The number of carboxylic acids is 1. The van der Waals surface area contributed by atoms with Gasteiger partial charge in [-0.05, 0) is 0 Å². The Hall–Kier alpha value is -2.23. The van der Waals surface area contributed by atoms with Crippen LogP contribution in [0, 0.1) is 11.3 Å². The molecule has 0 aromatic carbocycles. The topological polar surface area (TPSA) is 83.2 Å². The molecule has 1 heterocycles. The first kappa shape index (κ1) is 11.8. The zero-order chi connectivity index (χ0) is 12.3. The Bertz CT molecular complexity index is 469. The summed E-state index contributed by atoms with van der Waals surface area (Å²) < 4.78 is 29.9. The van der Waals surface area contributed by atoms with E-state index in [4.69, 9.17) is 10.4 Å². The molecule has 0 amide bonds. The molecule has 0 radical (unpaired) electrons. The van der Waals surface area contributed by atoms with Crippen LogP contribution in [-0.2, 0) is 0 Å². The Balaban J connectivity index is 3.58. The highest BCUT2D eigenvalue weighted by atomic mass is 19.3. The number of halogens is 2. The van der Waals surface area contributed by atoms with Crippen LogP contribution in [0.3, 0.4) is 0 Å². The van der Waals surface area contributed by atoms with Gasteiger partial charge in [-0.15, -0.1) is 0 Å². The second kappa shape index (κ2) is 4.53. The molecule has 16 heavy (non-hydrogen) atoms. The Kier molecular flexibility index (Phi) is 3.35. The molecule has 0 aliphatic heterocycles. The maximum atomic E-state index is 12.6. The van der Waals surface area contributed by atoms with Gasteiger partial charge in [-0.3, -0.25) is 0 Å². The van der Waals surface area contributed by atoms with Gasteiger partial charge in [-0.25, -0.2) is 18.6 Å². The molecule has 0 saturated carbocycles. The van der Waals surface area contributed by atoms with Crippen LogP contribution >= 0.6 is 0 Å². The number of carbonyl (C=O) groups is 1. The van der Waals surface area contributed by atoms with Gasteiger partial charge in [0.1, 0.15) is 11.6 Å². The molecule has 1 aromatic rings. The highest BCUT2D eigenvalue weighted by Crippen LogP contribution is 2.30. The van der Waals surface area contributed by atoms with Gasteiger partial charge in [0, 0.05) is 0 Å². The molecule has 0 fully saturated rings. The summed E-state index contributed by atoms with van der Waals surface area (Å²) in [4.78, 5) is 14.0. The van der Waals surface area contributed by atoms with Crippen molar-refractivity contribution >= 4 is 5.97 Å². The van der Waals surface area contributed by atoms with Crippen molar-refractivity contribution in [3.63, 3.8) is 0 Å². The number of carboxylic acid groups (broad SMARTS) is 1. The lowest BCUT2D eigenvalue weighted by molar-refractivity contribution is 0.0676. The first-order chi connectivity index (χ1) is 7.52. The van der Waals surface area contributed by atoms with E-state index in [2.05, 4.69) is 9.72 Å². The maximum absolute atomic E-state index is 12.6. The molecule has 0 atom stereocenters. The molecule has 1 N–H and O–H groups in total. The third-order valence-corrected chi connectivity index (χ3v) is 1.83. The Labute approximate surface area is 88.9 Å². The monoisotopic (exact) mass is 228 g/mol. The fourth-order valence-corrected chi connectivity index (χ4v) is 1.16. The molecule has 1 rings (SSSR count). The fraction of sp³-hybridized carbons (Fsp3) is 0.222. The summed E-state index contributed by atoms with van der Waals surface area (Å²) in [5.41, 5.74) is -2.27. The first-order valence-corrected chi connectivity index (χ1v) is 4.01. The van der Waals surface area contributed by atoms with Gasteiger partial charge < -0.3 is 9.84 Å². The van der Waals surface area contributed by atoms with Gasteiger partial charge in [0.15, 0.2) is 11.4 Å². The number of ether oxygens (including phenoxy) is 1. The van der Waals surface area contributed by atoms with Crippen LogP contribution in [-0.4, -0.2) is 23.2 Å². The van der Waals surface area contributed by atoms with Crippen LogP contribution in [0.2, 0.25) is 0 Å². The Morgan fingerprint density at radius 2 is 2.31 bits per heavy atom. The largest absolute Gasteiger partial charge is 0.494 e. The number of alkyl halides is 2. The quantitative estimate of drug-likeness (QED) is 0.849. The summed E-state index contributed by atoms with van der Waals surface area (Å²) in [6.07, 6.45) is -2.18. The summed E-state index contributed by atoms with van der Waals surface area (Å²) in [6, 6.07) is 1.48. The normalized spacial score (nSPS) is 9.94. The van der Waals surface area contributed by atoms with Crippen LogP contribution in [0.4, 0.5) is 8.78 Å². The van der Waals surface area contributed by atoms with E-state index in [1.807, 2.05) is 0 Å². The zero-order valence-corrected chi connectivity index (χ0v) is 8.07. The second-order valence-corrected chi connectivity index (χ2v) is 2.68. The fourth-order valence-electron chi connectivity index (χ4n) is 1.16. The van der Waals surface area contributed by atoms with Crippen molar-refractivity contribution in [3.8, 4) is 11.8 Å². The Morgan fingerprint density at radius 3 is 2.69 bits per heavy atom. The third kappa shape index (κ3) is 1.91. The molecule has 0 aliphatic rings. The SMILES string of the molecule is COc1cnc(C(=O)O)c(C(F)F)c1C#N. The lowest BCUT2D eigenvalue weighted by Crippen LogP contribution is -2.09. The molecule has 0 bridgehead atoms. The van der Waals surface area contributed by atoms with Crippen molar-refractivity contribution in [3.05, 3.63) is 23.0 Å². The molecule has 0 saturated heterocycles. The minimum Gasteiger partial charge on any atom is -0.494 e. The van der Waals surface area contributed by atoms with Crippen molar-refractivity contribution in [1.29, 1.82) is 5.26 Å². The third-order valence-electron chi connectivity index (χ3n) is 1.83. The predicted molar refractivity (Wildman–Crippen MR) is 47.4 cm³/mol. The van der Waals surface area contributed by atoms with Crippen molar-refractivity contribution in [2.75, 3.05) is 7.11 Å². The van der Waals surface area contributed by atoms with Gasteiger partial charge in [-0.2, -0.15) is 5.26 Å². The molecule has 1 aromatic heterocycles. The number of hydrogen-bond acceptors (Lipinski definition) is 4. The van der Waals surface area contributed by atoms with E-state index in [0.717, 1.165) is 6.20 Å². The molecule has 0 spiro atoms. The van der Waals surface area contributed by atoms with Crippen molar-refractivity contribution in [2.24, 2.45) is 0 Å². The number of hydrogen-bond donors (Lipinski definition) is 1. The van der Waals surface area contributed by atoms with E-state index < -0.39 is 29.2 Å². The van der Waals surface area contributed by atoms with Crippen molar-refractivity contribution < 1.29 is 23.4 Å². The van der Waals surface area contributed by atoms with E-state index in [1.165, 1.54) is 13.2 Å². The lowest BCUT2D eigenvalue weighted by Gasteiger charge is -2.09. The molecular weight excluding hydrogens is 222 g/mol. The summed E-state index contributed by atoms with van der Waals surface area (Å²) in [5.74, 6) is -1.79. The number of methoxy groups -OCH3 is 1.